The number of aliphatic hydroxyl groups is 1. The minimum absolute atomic E-state index is 0.239. The van der Waals surface area contributed by atoms with Crippen molar-refractivity contribution in [1.29, 1.82) is 0 Å². The highest BCUT2D eigenvalue weighted by Crippen LogP contribution is 2.23. The minimum Gasteiger partial charge on any atom is -0.392 e. The highest BCUT2D eigenvalue weighted by atomic mass is 16.3. The number of carbonyl (C=O) groups excluding carboxylic acids is 1. The molecular weight excluding hydrogens is 144 g/mol. The van der Waals surface area contributed by atoms with E-state index in [1.54, 1.807) is 0 Å². The van der Waals surface area contributed by atoms with Crippen LogP contribution in [-0.2, 0) is 4.79 Å². The molecule has 0 aliphatic heterocycles. The second-order valence-corrected chi connectivity index (χ2v) is 2.97. The summed E-state index contributed by atoms with van der Waals surface area (Å²) in [5.74, 6) is 4.43. The van der Waals surface area contributed by atoms with Gasteiger partial charge in [0.15, 0.2) is 0 Å². The van der Waals surface area contributed by atoms with Gasteiger partial charge in [-0.2, -0.15) is 0 Å². The summed E-state index contributed by atoms with van der Waals surface area (Å²) >= 11 is 0. The maximum Gasteiger partial charge on any atom is 0.239 e. The third kappa shape index (κ3) is 1.91. The van der Waals surface area contributed by atoms with E-state index in [0.29, 0.717) is 0 Å². The standard InChI is InChI=1S/C7H14N2O2/c8-9-7(11)5-3-1-2-4-6(5)10/h5-6,10H,1-4,8H2,(H,9,11)/t5-,6-/m1/s1. The van der Waals surface area contributed by atoms with Gasteiger partial charge in [0, 0.05) is 0 Å². The number of nitrogens with one attached hydrogen (secondary N) is 1. The quantitative estimate of drug-likeness (QED) is 0.274. The molecule has 0 aromatic carbocycles. The normalized spacial score (nSPS) is 31.5. The minimum atomic E-state index is -0.493. The maximum absolute atomic E-state index is 11.0. The van der Waals surface area contributed by atoms with E-state index < -0.39 is 6.10 Å². The van der Waals surface area contributed by atoms with E-state index in [4.69, 9.17) is 5.84 Å². The van der Waals surface area contributed by atoms with Gasteiger partial charge in [0.1, 0.15) is 0 Å². The van der Waals surface area contributed by atoms with E-state index in [1.165, 1.54) is 0 Å². The van der Waals surface area contributed by atoms with Crippen LogP contribution in [0, 0.1) is 5.92 Å². The molecule has 4 nitrogen and oxygen atoms in total. The molecule has 0 spiro atoms. The molecule has 64 valence electrons. The van der Waals surface area contributed by atoms with Crippen LogP contribution in [0.1, 0.15) is 25.7 Å². The van der Waals surface area contributed by atoms with Gasteiger partial charge in [-0.1, -0.05) is 12.8 Å². The lowest BCUT2D eigenvalue weighted by Gasteiger charge is -2.25. The lowest BCUT2D eigenvalue weighted by Crippen LogP contribution is -2.42. The van der Waals surface area contributed by atoms with Crippen LogP contribution in [0.25, 0.3) is 0 Å². The zero-order valence-corrected chi connectivity index (χ0v) is 6.42. The summed E-state index contributed by atoms with van der Waals surface area (Å²) in [6, 6.07) is 0. The Morgan fingerprint density at radius 1 is 1.45 bits per heavy atom. The highest BCUT2D eigenvalue weighted by Gasteiger charge is 2.28. The number of aliphatic hydroxyl groups excluding tert-OH is 1. The zero-order chi connectivity index (χ0) is 8.27. The van der Waals surface area contributed by atoms with Gasteiger partial charge in [-0.05, 0) is 12.8 Å². The first-order chi connectivity index (χ1) is 5.25. The Kier molecular flexibility index (Phi) is 2.84. The SMILES string of the molecule is NNC(=O)[C@@H]1CCCC[C@H]1O. The zero-order valence-electron chi connectivity index (χ0n) is 6.42. The molecule has 2 atom stereocenters. The molecule has 0 radical (unpaired) electrons. The van der Waals surface area contributed by atoms with Gasteiger partial charge in [0.2, 0.25) is 5.91 Å². The molecule has 11 heavy (non-hydrogen) atoms. The third-order valence-corrected chi connectivity index (χ3v) is 2.21. The van der Waals surface area contributed by atoms with Gasteiger partial charge in [-0.3, -0.25) is 10.2 Å². The summed E-state index contributed by atoms with van der Waals surface area (Å²) in [6.07, 6.45) is 3.00. The lowest BCUT2D eigenvalue weighted by molar-refractivity contribution is -0.130. The monoisotopic (exact) mass is 158 g/mol. The van der Waals surface area contributed by atoms with Crippen LogP contribution < -0.4 is 11.3 Å². The lowest BCUT2D eigenvalue weighted by atomic mass is 9.86. The van der Waals surface area contributed by atoms with Crippen LogP contribution in [0.3, 0.4) is 0 Å². The van der Waals surface area contributed by atoms with Gasteiger partial charge in [0.25, 0.3) is 0 Å². The Morgan fingerprint density at radius 2 is 2.09 bits per heavy atom. The summed E-state index contributed by atoms with van der Waals surface area (Å²) in [7, 11) is 0. The molecule has 0 saturated heterocycles. The van der Waals surface area contributed by atoms with Crippen LogP contribution in [0.5, 0.6) is 0 Å². The fourth-order valence-electron chi connectivity index (χ4n) is 1.52. The second-order valence-electron chi connectivity index (χ2n) is 2.97. The average molecular weight is 158 g/mol. The van der Waals surface area contributed by atoms with Gasteiger partial charge in [-0.25, -0.2) is 5.84 Å². The summed E-state index contributed by atoms with van der Waals surface area (Å²) < 4.78 is 0. The van der Waals surface area contributed by atoms with E-state index in [9.17, 15) is 9.90 Å². The molecule has 0 aromatic heterocycles. The van der Waals surface area contributed by atoms with Crippen molar-refractivity contribution in [3.8, 4) is 0 Å². The molecule has 1 rings (SSSR count). The average Bonchev–Trinajstić information content (AvgIpc) is 2.04. The summed E-state index contributed by atoms with van der Waals surface area (Å²) in [5.41, 5.74) is 2.07. The topological polar surface area (TPSA) is 75.3 Å². The van der Waals surface area contributed by atoms with Crippen molar-refractivity contribution >= 4 is 5.91 Å². The van der Waals surface area contributed by atoms with Crippen LogP contribution in [0.4, 0.5) is 0 Å². The Labute approximate surface area is 65.7 Å². The van der Waals surface area contributed by atoms with E-state index in [2.05, 4.69) is 5.43 Å². The van der Waals surface area contributed by atoms with Crippen molar-refractivity contribution in [2.75, 3.05) is 0 Å². The number of amides is 1. The first kappa shape index (κ1) is 8.49. The van der Waals surface area contributed by atoms with E-state index in [0.717, 1.165) is 25.7 Å². The molecule has 1 aliphatic rings. The molecule has 1 amide bonds. The van der Waals surface area contributed by atoms with Gasteiger partial charge >= 0.3 is 0 Å². The molecule has 4 heteroatoms. The molecule has 0 bridgehead atoms. The maximum atomic E-state index is 11.0. The molecular formula is C7H14N2O2. The first-order valence-corrected chi connectivity index (χ1v) is 3.94. The largest absolute Gasteiger partial charge is 0.392 e. The van der Waals surface area contributed by atoms with Gasteiger partial charge in [0.05, 0.1) is 12.0 Å². The van der Waals surface area contributed by atoms with Crippen LogP contribution in [-0.4, -0.2) is 17.1 Å². The molecule has 4 N–H and O–H groups in total. The predicted molar refractivity (Wildman–Crippen MR) is 40.3 cm³/mol. The Hall–Kier alpha value is -0.610. The molecule has 1 aliphatic carbocycles. The first-order valence-electron chi connectivity index (χ1n) is 3.94. The third-order valence-electron chi connectivity index (χ3n) is 2.21. The molecule has 0 heterocycles. The van der Waals surface area contributed by atoms with Crippen molar-refractivity contribution in [2.45, 2.75) is 31.8 Å². The van der Waals surface area contributed by atoms with Crippen molar-refractivity contribution in [2.24, 2.45) is 11.8 Å². The number of nitrogens with two attached hydrogens (primary N) is 1. The smallest absolute Gasteiger partial charge is 0.239 e. The van der Waals surface area contributed by atoms with Gasteiger partial charge < -0.3 is 5.11 Å². The Bertz CT molecular complexity index is 149. The molecule has 0 aromatic rings. The van der Waals surface area contributed by atoms with Gasteiger partial charge in [-0.15, -0.1) is 0 Å². The van der Waals surface area contributed by atoms with E-state index in [-0.39, 0.29) is 11.8 Å². The summed E-state index contributed by atoms with van der Waals surface area (Å²) in [4.78, 5) is 11.0. The van der Waals surface area contributed by atoms with Crippen molar-refractivity contribution in [3.05, 3.63) is 0 Å². The number of hydrogen-bond acceptors (Lipinski definition) is 3. The number of hydrazine groups is 1. The second kappa shape index (κ2) is 3.69. The van der Waals surface area contributed by atoms with E-state index >= 15 is 0 Å². The Morgan fingerprint density at radius 3 is 2.64 bits per heavy atom. The predicted octanol–water partition coefficient (Wildman–Crippen LogP) is -0.473. The molecule has 1 fully saturated rings. The number of rotatable bonds is 1. The molecule has 0 unspecified atom stereocenters. The molecule has 1 saturated carbocycles. The van der Waals surface area contributed by atoms with Crippen LogP contribution >= 0.6 is 0 Å². The highest BCUT2D eigenvalue weighted by molar-refractivity contribution is 5.78. The van der Waals surface area contributed by atoms with Crippen molar-refractivity contribution in [3.63, 3.8) is 0 Å². The van der Waals surface area contributed by atoms with Crippen LogP contribution in [0.2, 0.25) is 0 Å². The van der Waals surface area contributed by atoms with Crippen LogP contribution in [0.15, 0.2) is 0 Å². The van der Waals surface area contributed by atoms with Crippen molar-refractivity contribution in [1.82, 2.24) is 5.43 Å². The summed E-state index contributed by atoms with van der Waals surface area (Å²) in [6.45, 7) is 0. The number of carbonyl (C=O) groups is 1. The summed E-state index contributed by atoms with van der Waals surface area (Å²) in [5, 5.41) is 9.35. The number of hydrogen-bond donors (Lipinski definition) is 3. The fourth-order valence-corrected chi connectivity index (χ4v) is 1.52. The van der Waals surface area contributed by atoms with E-state index in [1.807, 2.05) is 0 Å². The fraction of sp³-hybridized carbons (Fsp3) is 0.857. The Balaban J connectivity index is 2.47. The van der Waals surface area contributed by atoms with Crippen molar-refractivity contribution < 1.29 is 9.90 Å².